The van der Waals surface area contributed by atoms with Crippen LogP contribution in [0.4, 0.5) is 0 Å². The second kappa shape index (κ2) is 8.49. The van der Waals surface area contributed by atoms with Gasteiger partial charge in [0.25, 0.3) is 0 Å². The Bertz CT molecular complexity index is 569. The van der Waals surface area contributed by atoms with E-state index in [1.807, 2.05) is 54.6 Å². The summed E-state index contributed by atoms with van der Waals surface area (Å²) >= 11 is 1.29. The van der Waals surface area contributed by atoms with E-state index in [-0.39, 0.29) is 11.9 Å². The first-order chi connectivity index (χ1) is 10.2. The van der Waals surface area contributed by atoms with Gasteiger partial charge in [0.2, 0.25) is 0 Å². The molecule has 0 N–H and O–H groups in total. The molecule has 0 amide bonds. The van der Waals surface area contributed by atoms with E-state index in [1.54, 1.807) is 6.92 Å². The van der Waals surface area contributed by atoms with Crippen molar-refractivity contribution < 1.29 is 14.3 Å². The summed E-state index contributed by atoms with van der Waals surface area (Å²) in [6.07, 6.45) is 0. The van der Waals surface area contributed by atoms with Crippen LogP contribution in [0.15, 0.2) is 54.6 Å². The van der Waals surface area contributed by atoms with E-state index in [0.29, 0.717) is 12.4 Å². The van der Waals surface area contributed by atoms with E-state index in [1.165, 1.54) is 11.8 Å². The Kier molecular flexibility index (Phi) is 6.31. The summed E-state index contributed by atoms with van der Waals surface area (Å²) in [4.78, 5) is 11.0. The first kappa shape index (κ1) is 15.6. The van der Waals surface area contributed by atoms with Crippen molar-refractivity contribution in [2.75, 3.05) is 6.79 Å². The topological polar surface area (TPSA) is 35.5 Å². The number of thioether (sulfide) groups is 1. The monoisotopic (exact) mass is 302 g/mol. The molecule has 0 aliphatic rings. The number of hydrogen-bond acceptors (Lipinski definition) is 4. The maximum Gasteiger partial charge on any atom is 0.189 e. The average molecular weight is 302 g/mol. The molecule has 0 saturated heterocycles. The predicted octanol–water partition coefficient (Wildman–Crippen LogP) is 4.02. The molecule has 0 saturated carbocycles. The first-order valence-corrected chi connectivity index (χ1v) is 7.69. The third kappa shape index (κ3) is 6.02. The number of hydrogen-bond donors (Lipinski definition) is 0. The maximum absolute atomic E-state index is 11.0. The molecule has 0 spiro atoms. The zero-order chi connectivity index (χ0) is 14.9. The summed E-state index contributed by atoms with van der Waals surface area (Å²) in [5, 5.41) is 0.118. The first-order valence-electron chi connectivity index (χ1n) is 6.71. The Hall–Kier alpha value is -1.78. The van der Waals surface area contributed by atoms with E-state index < -0.39 is 0 Å². The van der Waals surface area contributed by atoms with Crippen molar-refractivity contribution in [1.29, 1.82) is 0 Å². The summed E-state index contributed by atoms with van der Waals surface area (Å²) in [6.45, 7) is 2.31. The van der Waals surface area contributed by atoms with Gasteiger partial charge < -0.3 is 9.47 Å². The third-order valence-corrected chi connectivity index (χ3v) is 3.65. The Morgan fingerprint density at radius 1 is 1.05 bits per heavy atom. The molecule has 2 aromatic carbocycles. The van der Waals surface area contributed by atoms with Crippen molar-refractivity contribution in [3.05, 3.63) is 65.7 Å². The van der Waals surface area contributed by atoms with E-state index in [9.17, 15) is 4.79 Å². The molecule has 4 heteroatoms. The lowest BCUT2D eigenvalue weighted by molar-refractivity contribution is -0.109. The van der Waals surface area contributed by atoms with Crippen molar-refractivity contribution in [2.45, 2.75) is 19.3 Å². The Labute approximate surface area is 129 Å². The average Bonchev–Trinajstić information content (AvgIpc) is 2.51. The molecule has 0 aliphatic heterocycles. The highest BCUT2D eigenvalue weighted by Gasteiger charge is 2.00. The lowest BCUT2D eigenvalue weighted by Gasteiger charge is -2.08. The Balaban J connectivity index is 1.75. The van der Waals surface area contributed by atoms with Gasteiger partial charge in [-0.1, -0.05) is 54.2 Å². The fourth-order valence-electron chi connectivity index (χ4n) is 1.75. The van der Waals surface area contributed by atoms with Crippen LogP contribution in [-0.2, 0) is 21.9 Å². The Morgan fingerprint density at radius 2 is 1.81 bits per heavy atom. The zero-order valence-corrected chi connectivity index (χ0v) is 12.8. The van der Waals surface area contributed by atoms with Crippen molar-refractivity contribution in [2.24, 2.45) is 0 Å². The van der Waals surface area contributed by atoms with Gasteiger partial charge in [-0.15, -0.1) is 0 Å². The minimum atomic E-state index is 0.118. The van der Waals surface area contributed by atoms with Gasteiger partial charge in [-0.05, 0) is 23.3 Å². The van der Waals surface area contributed by atoms with Crippen LogP contribution in [0.25, 0.3) is 0 Å². The van der Waals surface area contributed by atoms with Crippen molar-refractivity contribution in [3.8, 4) is 5.75 Å². The van der Waals surface area contributed by atoms with Crippen LogP contribution in [0, 0.1) is 0 Å². The maximum atomic E-state index is 11.0. The summed E-state index contributed by atoms with van der Waals surface area (Å²) < 4.78 is 11.0. The third-order valence-electron chi connectivity index (χ3n) is 2.76. The molecular formula is C17H18O3S. The highest BCUT2D eigenvalue weighted by Crippen LogP contribution is 2.18. The van der Waals surface area contributed by atoms with E-state index in [2.05, 4.69) is 0 Å². The molecule has 0 bridgehead atoms. The molecule has 0 unspecified atom stereocenters. The summed E-state index contributed by atoms with van der Waals surface area (Å²) in [5.41, 5.74) is 2.18. The van der Waals surface area contributed by atoms with Gasteiger partial charge >= 0.3 is 0 Å². The van der Waals surface area contributed by atoms with Crippen molar-refractivity contribution in [1.82, 2.24) is 0 Å². The van der Waals surface area contributed by atoms with Gasteiger partial charge in [-0.2, -0.15) is 0 Å². The smallest absolute Gasteiger partial charge is 0.189 e. The van der Waals surface area contributed by atoms with Crippen molar-refractivity contribution in [3.63, 3.8) is 0 Å². The molecule has 110 valence electrons. The van der Waals surface area contributed by atoms with Gasteiger partial charge in [0, 0.05) is 12.7 Å². The SMILES string of the molecule is CC(=O)SCc1cccc(OCOCc2ccccc2)c1. The molecule has 21 heavy (non-hydrogen) atoms. The molecule has 0 radical (unpaired) electrons. The van der Waals surface area contributed by atoms with E-state index >= 15 is 0 Å². The van der Waals surface area contributed by atoms with Crippen LogP contribution in [0.1, 0.15) is 18.1 Å². The summed E-state index contributed by atoms with van der Waals surface area (Å²) in [5.74, 6) is 1.42. The number of carbonyl (C=O) groups excluding carboxylic acids is 1. The standard InChI is InChI=1S/C17H18O3S/c1-14(18)21-12-16-8-5-9-17(10-16)20-13-19-11-15-6-3-2-4-7-15/h2-10H,11-13H2,1H3. The van der Waals surface area contributed by atoms with Gasteiger partial charge in [-0.25, -0.2) is 0 Å². The Morgan fingerprint density at radius 3 is 2.57 bits per heavy atom. The quantitative estimate of drug-likeness (QED) is 0.571. The highest BCUT2D eigenvalue weighted by molar-refractivity contribution is 8.12. The fourth-order valence-corrected chi connectivity index (χ4v) is 2.30. The van der Waals surface area contributed by atoms with Gasteiger partial charge in [-0.3, -0.25) is 4.79 Å². The van der Waals surface area contributed by atoms with Crippen LogP contribution in [0.3, 0.4) is 0 Å². The minimum Gasteiger partial charge on any atom is -0.468 e. The summed E-state index contributed by atoms with van der Waals surface area (Å²) in [6, 6.07) is 17.7. The lowest BCUT2D eigenvalue weighted by atomic mass is 10.2. The molecule has 0 heterocycles. The van der Waals surface area contributed by atoms with E-state index in [4.69, 9.17) is 9.47 Å². The van der Waals surface area contributed by atoms with Crippen LogP contribution >= 0.6 is 11.8 Å². The normalized spacial score (nSPS) is 10.3. The molecule has 3 nitrogen and oxygen atoms in total. The molecule has 0 aromatic heterocycles. The minimum absolute atomic E-state index is 0.118. The second-order valence-corrected chi connectivity index (χ2v) is 5.68. The van der Waals surface area contributed by atoms with Gasteiger partial charge in [0.05, 0.1) is 6.61 Å². The molecule has 0 atom stereocenters. The number of carbonyl (C=O) groups is 1. The highest BCUT2D eigenvalue weighted by atomic mass is 32.2. The predicted molar refractivity (Wildman–Crippen MR) is 85.1 cm³/mol. The largest absolute Gasteiger partial charge is 0.468 e. The summed E-state index contributed by atoms with van der Waals surface area (Å²) in [7, 11) is 0. The fraction of sp³-hybridized carbons (Fsp3) is 0.235. The van der Waals surface area contributed by atoms with E-state index in [0.717, 1.165) is 16.9 Å². The number of benzene rings is 2. The zero-order valence-electron chi connectivity index (χ0n) is 12.0. The van der Waals surface area contributed by atoms with Crippen LogP contribution in [-0.4, -0.2) is 11.9 Å². The number of ether oxygens (including phenoxy) is 2. The van der Waals surface area contributed by atoms with Crippen LogP contribution in [0.5, 0.6) is 5.75 Å². The van der Waals surface area contributed by atoms with Crippen molar-refractivity contribution >= 4 is 16.9 Å². The van der Waals surface area contributed by atoms with Gasteiger partial charge in [0.1, 0.15) is 5.75 Å². The molecule has 2 aromatic rings. The number of rotatable bonds is 7. The van der Waals surface area contributed by atoms with Gasteiger partial charge in [0.15, 0.2) is 11.9 Å². The molecule has 2 rings (SSSR count). The molecule has 0 fully saturated rings. The molecule has 0 aliphatic carbocycles. The second-order valence-electron chi connectivity index (χ2n) is 4.52. The lowest BCUT2D eigenvalue weighted by Crippen LogP contribution is -2.03. The molecular weight excluding hydrogens is 284 g/mol. The van der Waals surface area contributed by atoms with Crippen LogP contribution in [0.2, 0.25) is 0 Å². The van der Waals surface area contributed by atoms with Crippen LogP contribution < -0.4 is 4.74 Å².